The van der Waals surface area contributed by atoms with Crippen molar-refractivity contribution in [2.75, 3.05) is 0 Å². The Kier molecular flexibility index (Phi) is 4.78. The van der Waals surface area contributed by atoms with E-state index in [1.165, 1.54) is 0 Å². The number of aliphatic carboxylic acids is 1. The quantitative estimate of drug-likeness (QED) is 0.768. The van der Waals surface area contributed by atoms with Crippen LogP contribution in [0.5, 0.6) is 0 Å². The average molecular weight is 216 g/mol. The zero-order chi connectivity index (χ0) is 12.3. The predicted molar refractivity (Wildman–Crippen MR) is 61.0 cm³/mol. The van der Waals surface area contributed by atoms with E-state index in [0.29, 0.717) is 12.3 Å². The smallest absolute Gasteiger partial charge is 0.335 e. The normalized spacial score (nSPS) is 16.5. The molecular formula is C12H24O3. The van der Waals surface area contributed by atoms with Crippen molar-refractivity contribution >= 4 is 5.97 Å². The molecule has 1 unspecified atom stereocenters. The lowest BCUT2D eigenvalue weighted by Crippen LogP contribution is -2.44. The Morgan fingerprint density at radius 1 is 1.27 bits per heavy atom. The molecule has 3 nitrogen and oxygen atoms in total. The summed E-state index contributed by atoms with van der Waals surface area (Å²) in [6.45, 7) is 11.5. The van der Waals surface area contributed by atoms with Gasteiger partial charge in [0.1, 0.15) is 0 Å². The van der Waals surface area contributed by atoms with Gasteiger partial charge in [-0.2, -0.15) is 0 Å². The number of hydrogen-bond acceptors (Lipinski definition) is 2. The molecule has 90 valence electrons. The number of carboxylic acid groups (broad SMARTS) is 1. The zero-order valence-electron chi connectivity index (χ0n) is 10.8. The first-order valence-electron chi connectivity index (χ1n) is 5.50. The summed E-state index contributed by atoms with van der Waals surface area (Å²) in [7, 11) is 0. The summed E-state index contributed by atoms with van der Waals surface area (Å²) in [6, 6.07) is 0. The summed E-state index contributed by atoms with van der Waals surface area (Å²) in [5.74, 6) is -0.384. The molecule has 0 aromatic heterocycles. The molecule has 0 saturated heterocycles. The van der Waals surface area contributed by atoms with Gasteiger partial charge in [-0.15, -0.1) is 0 Å². The Hall–Kier alpha value is -0.570. The highest BCUT2D eigenvalue weighted by Gasteiger charge is 2.37. The van der Waals surface area contributed by atoms with Gasteiger partial charge >= 0.3 is 5.97 Å². The highest BCUT2D eigenvalue weighted by molar-refractivity contribution is 5.76. The first-order chi connectivity index (χ1) is 6.57. The summed E-state index contributed by atoms with van der Waals surface area (Å²) in [5, 5.41) is 9.18. The van der Waals surface area contributed by atoms with Crippen LogP contribution in [0.1, 0.15) is 54.4 Å². The van der Waals surface area contributed by atoms with Gasteiger partial charge in [0.15, 0.2) is 5.60 Å². The molecule has 1 atom stereocenters. The third-order valence-corrected chi connectivity index (χ3v) is 2.18. The van der Waals surface area contributed by atoms with E-state index in [0.717, 1.165) is 6.42 Å². The van der Waals surface area contributed by atoms with Crippen LogP contribution in [0.15, 0.2) is 0 Å². The van der Waals surface area contributed by atoms with Crippen molar-refractivity contribution in [3.05, 3.63) is 0 Å². The molecule has 0 spiro atoms. The molecule has 0 rings (SSSR count). The molecule has 0 aliphatic heterocycles. The molecule has 3 heteroatoms. The van der Waals surface area contributed by atoms with Crippen LogP contribution in [0.25, 0.3) is 0 Å². The van der Waals surface area contributed by atoms with Crippen molar-refractivity contribution in [2.45, 2.75) is 65.6 Å². The van der Waals surface area contributed by atoms with Crippen LogP contribution in [-0.4, -0.2) is 22.3 Å². The van der Waals surface area contributed by atoms with Gasteiger partial charge in [-0.1, -0.05) is 13.8 Å². The lowest BCUT2D eigenvalue weighted by atomic mass is 9.94. The Labute approximate surface area is 92.8 Å². The number of hydrogen-bond donors (Lipinski definition) is 1. The van der Waals surface area contributed by atoms with Crippen molar-refractivity contribution < 1.29 is 14.6 Å². The van der Waals surface area contributed by atoms with Gasteiger partial charge in [-0.3, -0.25) is 0 Å². The molecule has 0 aliphatic rings. The van der Waals surface area contributed by atoms with E-state index >= 15 is 0 Å². The Morgan fingerprint density at radius 2 is 1.73 bits per heavy atom. The van der Waals surface area contributed by atoms with Gasteiger partial charge in [-0.25, -0.2) is 4.79 Å². The Bertz CT molecular complexity index is 215. The van der Waals surface area contributed by atoms with Crippen LogP contribution in [-0.2, 0) is 9.53 Å². The number of ether oxygens (including phenoxy) is 1. The molecule has 1 N–H and O–H groups in total. The molecule has 0 amide bonds. The van der Waals surface area contributed by atoms with Gasteiger partial charge in [0, 0.05) is 0 Å². The standard InChI is InChI=1S/C12H24O3/c1-9(2)7-8-12(6,10(13)14)15-11(3,4)5/h9H,7-8H2,1-6H3,(H,13,14). The number of carbonyl (C=O) groups is 1. The van der Waals surface area contributed by atoms with Crippen molar-refractivity contribution in [3.8, 4) is 0 Å². The minimum atomic E-state index is -1.07. The minimum absolute atomic E-state index is 0.426. The van der Waals surface area contributed by atoms with Crippen molar-refractivity contribution in [1.82, 2.24) is 0 Å². The van der Waals surface area contributed by atoms with Crippen molar-refractivity contribution in [1.29, 1.82) is 0 Å². The molecule has 0 saturated carbocycles. The summed E-state index contributed by atoms with van der Waals surface area (Å²) >= 11 is 0. The molecule has 0 radical (unpaired) electrons. The number of rotatable bonds is 5. The molecular weight excluding hydrogens is 192 g/mol. The summed E-state index contributed by atoms with van der Waals surface area (Å²) in [4.78, 5) is 11.2. The van der Waals surface area contributed by atoms with Gasteiger partial charge in [0.25, 0.3) is 0 Å². The molecule has 0 bridgehead atoms. The molecule has 0 fully saturated rings. The fourth-order valence-corrected chi connectivity index (χ4v) is 1.44. The van der Waals surface area contributed by atoms with Crippen molar-refractivity contribution in [3.63, 3.8) is 0 Å². The Morgan fingerprint density at radius 3 is 2.00 bits per heavy atom. The lowest BCUT2D eigenvalue weighted by Gasteiger charge is -2.33. The van der Waals surface area contributed by atoms with E-state index < -0.39 is 17.2 Å². The maximum absolute atomic E-state index is 11.2. The van der Waals surface area contributed by atoms with Crippen LogP contribution in [0, 0.1) is 5.92 Å². The SMILES string of the molecule is CC(C)CCC(C)(OC(C)(C)C)C(=O)O. The number of carboxylic acids is 1. The second-order valence-corrected chi connectivity index (χ2v) is 5.68. The monoisotopic (exact) mass is 216 g/mol. The summed E-state index contributed by atoms with van der Waals surface area (Å²) in [5.41, 5.74) is -1.49. The fourth-order valence-electron chi connectivity index (χ4n) is 1.44. The van der Waals surface area contributed by atoms with E-state index in [4.69, 9.17) is 4.74 Å². The van der Waals surface area contributed by atoms with Crippen LogP contribution >= 0.6 is 0 Å². The average Bonchev–Trinajstić information content (AvgIpc) is 1.97. The van der Waals surface area contributed by atoms with Gasteiger partial charge in [0.2, 0.25) is 0 Å². The fraction of sp³-hybridized carbons (Fsp3) is 0.917. The Balaban J connectivity index is 4.53. The third kappa shape index (κ3) is 5.78. The van der Waals surface area contributed by atoms with Gasteiger partial charge < -0.3 is 9.84 Å². The van der Waals surface area contributed by atoms with Crippen LogP contribution in [0.4, 0.5) is 0 Å². The van der Waals surface area contributed by atoms with E-state index in [1.54, 1.807) is 6.92 Å². The molecule has 0 heterocycles. The largest absolute Gasteiger partial charge is 0.479 e. The zero-order valence-corrected chi connectivity index (χ0v) is 10.8. The predicted octanol–water partition coefficient (Wildman–Crippen LogP) is 3.08. The first kappa shape index (κ1) is 14.4. The van der Waals surface area contributed by atoms with E-state index in [1.807, 2.05) is 20.8 Å². The summed E-state index contributed by atoms with van der Waals surface area (Å²) < 4.78 is 5.64. The maximum atomic E-state index is 11.2. The van der Waals surface area contributed by atoms with Gasteiger partial charge in [0.05, 0.1) is 5.60 Å². The second-order valence-electron chi connectivity index (χ2n) is 5.68. The maximum Gasteiger partial charge on any atom is 0.335 e. The third-order valence-electron chi connectivity index (χ3n) is 2.18. The van der Waals surface area contributed by atoms with E-state index in [9.17, 15) is 9.90 Å². The molecule has 0 aromatic rings. The topological polar surface area (TPSA) is 46.5 Å². The van der Waals surface area contributed by atoms with Gasteiger partial charge in [-0.05, 0) is 46.5 Å². The summed E-state index contributed by atoms with van der Waals surface area (Å²) in [6.07, 6.45) is 1.41. The lowest BCUT2D eigenvalue weighted by molar-refractivity contribution is -0.182. The van der Waals surface area contributed by atoms with E-state index in [-0.39, 0.29) is 0 Å². The minimum Gasteiger partial charge on any atom is -0.479 e. The second kappa shape index (κ2) is 4.97. The van der Waals surface area contributed by atoms with E-state index in [2.05, 4.69) is 13.8 Å². The molecule has 15 heavy (non-hydrogen) atoms. The highest BCUT2D eigenvalue weighted by atomic mass is 16.5. The van der Waals surface area contributed by atoms with Crippen LogP contribution < -0.4 is 0 Å². The van der Waals surface area contributed by atoms with Crippen molar-refractivity contribution in [2.24, 2.45) is 5.92 Å². The highest BCUT2D eigenvalue weighted by Crippen LogP contribution is 2.26. The van der Waals surface area contributed by atoms with Crippen LogP contribution in [0.3, 0.4) is 0 Å². The first-order valence-corrected chi connectivity index (χ1v) is 5.50. The van der Waals surface area contributed by atoms with Crippen LogP contribution in [0.2, 0.25) is 0 Å². The molecule has 0 aliphatic carbocycles. The molecule has 0 aromatic carbocycles.